The molecule has 2 heteroatoms. The molecule has 1 aliphatic rings. The van der Waals surface area contributed by atoms with Gasteiger partial charge in [-0.2, -0.15) is 0 Å². The SMILES string of the molecule is C#CC#CC#CC#CC#CC#CC#CN1CCN(C(C)C)CC1. The van der Waals surface area contributed by atoms with Crippen molar-refractivity contribution >= 4 is 0 Å². The van der Waals surface area contributed by atoms with Crippen molar-refractivity contribution in [3.63, 3.8) is 0 Å². The van der Waals surface area contributed by atoms with Crippen LogP contribution in [0.25, 0.3) is 0 Å². The van der Waals surface area contributed by atoms with Gasteiger partial charge in [-0.25, -0.2) is 0 Å². The van der Waals surface area contributed by atoms with E-state index in [-0.39, 0.29) is 0 Å². The van der Waals surface area contributed by atoms with Crippen LogP contribution in [0.4, 0.5) is 0 Å². The normalized spacial score (nSPS) is 11.8. The first kappa shape index (κ1) is 17.7. The second kappa shape index (κ2) is 11.4. The van der Waals surface area contributed by atoms with Crippen molar-refractivity contribution in [2.75, 3.05) is 26.2 Å². The summed E-state index contributed by atoms with van der Waals surface area (Å²) in [5.74, 6) is 30.3. The van der Waals surface area contributed by atoms with E-state index >= 15 is 0 Å². The third-order valence-corrected chi connectivity index (χ3v) is 2.96. The summed E-state index contributed by atoms with van der Waals surface area (Å²) in [6.07, 6.45) is 4.93. The Kier molecular flexibility index (Phi) is 8.75. The molecule has 0 aromatic heterocycles. The molecule has 2 nitrogen and oxygen atoms in total. The van der Waals surface area contributed by atoms with Gasteiger partial charge < -0.3 is 4.90 Å². The van der Waals surface area contributed by atoms with E-state index in [1.54, 1.807) is 0 Å². The lowest BCUT2D eigenvalue weighted by atomic mass is 10.2. The van der Waals surface area contributed by atoms with Gasteiger partial charge in [-0.15, -0.1) is 6.42 Å². The van der Waals surface area contributed by atoms with Crippen LogP contribution in [0.1, 0.15) is 13.8 Å². The zero-order valence-corrected chi connectivity index (χ0v) is 13.4. The smallest absolute Gasteiger partial charge is 0.0389 e. The van der Waals surface area contributed by atoms with Crippen molar-refractivity contribution in [3.05, 3.63) is 0 Å². The Balaban J connectivity index is 2.38. The molecule has 1 rings (SSSR count). The summed E-state index contributed by atoms with van der Waals surface area (Å²) in [5.41, 5.74) is 0. The second-order valence-corrected chi connectivity index (χ2v) is 4.75. The van der Waals surface area contributed by atoms with Gasteiger partial charge in [0.05, 0.1) is 0 Å². The first-order valence-electron chi connectivity index (χ1n) is 7.19. The summed E-state index contributed by atoms with van der Waals surface area (Å²) in [4.78, 5) is 4.53. The van der Waals surface area contributed by atoms with Crippen molar-refractivity contribution in [1.82, 2.24) is 9.80 Å². The van der Waals surface area contributed by atoms with Crippen LogP contribution in [0.5, 0.6) is 0 Å². The highest BCUT2D eigenvalue weighted by Gasteiger charge is 2.16. The Morgan fingerprint density at radius 2 is 1.09 bits per heavy atom. The maximum atomic E-state index is 4.93. The molecule has 1 saturated heterocycles. The standard InChI is InChI=1S/C21H16N2/c1-4-5-6-7-8-9-10-11-12-13-14-15-16-22-17-19-23(20-18-22)21(2)3/h1,21H,17-20H2,2-3H3. The van der Waals surface area contributed by atoms with Gasteiger partial charge in [-0.1, -0.05) is 0 Å². The number of hydrogen-bond acceptors (Lipinski definition) is 2. The van der Waals surface area contributed by atoms with Crippen molar-refractivity contribution in [1.29, 1.82) is 0 Å². The Morgan fingerprint density at radius 3 is 1.52 bits per heavy atom. The third-order valence-electron chi connectivity index (χ3n) is 2.96. The molecule has 0 bridgehead atoms. The summed E-state index contributed by atoms with van der Waals surface area (Å²) in [6.45, 7) is 8.41. The van der Waals surface area contributed by atoms with Crippen LogP contribution >= 0.6 is 0 Å². The monoisotopic (exact) mass is 296 g/mol. The second-order valence-electron chi connectivity index (χ2n) is 4.75. The van der Waals surface area contributed by atoms with Gasteiger partial charge in [0, 0.05) is 73.8 Å². The average Bonchev–Trinajstić information content (AvgIpc) is 2.56. The van der Waals surface area contributed by atoms with E-state index in [1.807, 2.05) is 0 Å². The fourth-order valence-electron chi connectivity index (χ4n) is 1.77. The van der Waals surface area contributed by atoms with Gasteiger partial charge in [0.2, 0.25) is 0 Å². The van der Waals surface area contributed by atoms with Crippen LogP contribution in [0, 0.1) is 83.5 Å². The van der Waals surface area contributed by atoms with Gasteiger partial charge in [-0.3, -0.25) is 4.90 Å². The molecular formula is C21H16N2. The van der Waals surface area contributed by atoms with E-state index in [0.29, 0.717) is 6.04 Å². The predicted molar refractivity (Wildman–Crippen MR) is 93.8 cm³/mol. The maximum Gasteiger partial charge on any atom is 0.0389 e. The molecule has 0 aromatic carbocycles. The Labute approximate surface area is 140 Å². The lowest BCUT2D eigenvalue weighted by Gasteiger charge is -2.34. The summed E-state index contributed by atoms with van der Waals surface area (Å²) in [7, 11) is 0. The van der Waals surface area contributed by atoms with Crippen LogP contribution in [-0.4, -0.2) is 42.0 Å². The average molecular weight is 296 g/mol. The van der Waals surface area contributed by atoms with Gasteiger partial charge in [0.25, 0.3) is 0 Å². The topological polar surface area (TPSA) is 6.48 Å². The first-order chi connectivity index (χ1) is 11.2. The lowest BCUT2D eigenvalue weighted by Crippen LogP contribution is -2.47. The first-order valence-corrected chi connectivity index (χ1v) is 7.19. The number of hydrogen-bond donors (Lipinski definition) is 0. The molecule has 0 atom stereocenters. The molecule has 0 aliphatic carbocycles. The molecule has 0 amide bonds. The van der Waals surface area contributed by atoms with Crippen LogP contribution in [0.15, 0.2) is 0 Å². The molecule has 110 valence electrons. The van der Waals surface area contributed by atoms with Crippen molar-refractivity contribution in [2.24, 2.45) is 0 Å². The van der Waals surface area contributed by atoms with E-state index < -0.39 is 0 Å². The molecule has 1 heterocycles. The Bertz CT molecular complexity index is 808. The van der Waals surface area contributed by atoms with E-state index in [9.17, 15) is 0 Å². The molecule has 0 aromatic rings. The largest absolute Gasteiger partial charge is 0.329 e. The zero-order valence-electron chi connectivity index (χ0n) is 13.4. The summed E-state index contributed by atoms with van der Waals surface area (Å²) < 4.78 is 0. The molecule has 0 saturated carbocycles. The molecule has 0 N–H and O–H groups in total. The lowest BCUT2D eigenvalue weighted by molar-refractivity contribution is 0.143. The zero-order chi connectivity index (χ0) is 16.8. The summed E-state index contributed by atoms with van der Waals surface area (Å²) >= 11 is 0. The molecular weight excluding hydrogens is 280 g/mol. The molecule has 23 heavy (non-hydrogen) atoms. The van der Waals surface area contributed by atoms with Crippen molar-refractivity contribution in [2.45, 2.75) is 19.9 Å². The quantitative estimate of drug-likeness (QED) is 0.655. The van der Waals surface area contributed by atoms with Gasteiger partial charge in [-0.05, 0) is 49.4 Å². The van der Waals surface area contributed by atoms with Crippen LogP contribution in [0.2, 0.25) is 0 Å². The summed E-state index contributed by atoms with van der Waals surface area (Å²) in [6, 6.07) is 3.63. The fourth-order valence-corrected chi connectivity index (χ4v) is 1.77. The van der Waals surface area contributed by atoms with E-state index in [2.05, 4.69) is 101 Å². The third kappa shape index (κ3) is 8.53. The predicted octanol–water partition coefficient (Wildman–Crippen LogP) is 0.624. The molecule has 1 fully saturated rings. The highest BCUT2D eigenvalue weighted by molar-refractivity contribution is 5.44. The van der Waals surface area contributed by atoms with Crippen LogP contribution in [-0.2, 0) is 0 Å². The highest BCUT2D eigenvalue weighted by Crippen LogP contribution is 2.04. The van der Waals surface area contributed by atoms with Crippen LogP contribution in [0.3, 0.4) is 0 Å². The minimum absolute atomic E-state index is 0.593. The van der Waals surface area contributed by atoms with E-state index in [1.165, 1.54) is 0 Å². The van der Waals surface area contributed by atoms with E-state index in [4.69, 9.17) is 6.42 Å². The number of rotatable bonds is 1. The van der Waals surface area contributed by atoms with Crippen molar-refractivity contribution < 1.29 is 0 Å². The number of piperazine rings is 1. The fraction of sp³-hybridized carbons (Fsp3) is 0.333. The number of terminal acetylenes is 1. The number of nitrogens with zero attached hydrogens (tertiary/aromatic N) is 2. The molecule has 0 unspecified atom stereocenters. The minimum atomic E-state index is 0.593. The Hall–Kier alpha value is -3.32. The Morgan fingerprint density at radius 1 is 0.652 bits per heavy atom. The van der Waals surface area contributed by atoms with Gasteiger partial charge in [0.1, 0.15) is 0 Å². The van der Waals surface area contributed by atoms with Crippen molar-refractivity contribution in [3.8, 4) is 83.5 Å². The van der Waals surface area contributed by atoms with Gasteiger partial charge >= 0.3 is 0 Å². The molecule has 0 spiro atoms. The molecule has 1 aliphatic heterocycles. The minimum Gasteiger partial charge on any atom is -0.329 e. The van der Waals surface area contributed by atoms with Crippen LogP contribution < -0.4 is 0 Å². The maximum absolute atomic E-state index is 4.93. The molecule has 0 radical (unpaired) electrons. The summed E-state index contributed by atoms with van der Waals surface area (Å²) in [5, 5.41) is 0. The van der Waals surface area contributed by atoms with Gasteiger partial charge in [0.15, 0.2) is 0 Å². The van der Waals surface area contributed by atoms with E-state index in [0.717, 1.165) is 26.2 Å². The highest BCUT2D eigenvalue weighted by atomic mass is 15.3.